The molecule has 0 aliphatic heterocycles. The molecule has 2 aromatic heterocycles. The molecule has 0 amide bonds. The lowest BCUT2D eigenvalue weighted by Gasteiger charge is -2.21. The zero-order valence-electron chi connectivity index (χ0n) is 18.3. The SMILES string of the molecule is COc1ccc(CN(Cc2ccc(OC)cc2)S(=O)(=O)c2ccn(-c3ccccn3)n2)cc1. The van der Waals surface area contributed by atoms with Crippen LogP contribution in [0.25, 0.3) is 5.82 Å². The van der Waals surface area contributed by atoms with Crippen molar-refractivity contribution in [1.29, 1.82) is 0 Å². The quantitative estimate of drug-likeness (QED) is 0.376. The van der Waals surface area contributed by atoms with Crippen molar-refractivity contribution in [3.63, 3.8) is 0 Å². The molecule has 33 heavy (non-hydrogen) atoms. The Morgan fingerprint density at radius 2 is 1.39 bits per heavy atom. The summed E-state index contributed by atoms with van der Waals surface area (Å²) in [7, 11) is -0.724. The van der Waals surface area contributed by atoms with Crippen molar-refractivity contribution < 1.29 is 17.9 Å². The van der Waals surface area contributed by atoms with E-state index in [1.54, 1.807) is 38.7 Å². The van der Waals surface area contributed by atoms with E-state index in [-0.39, 0.29) is 18.1 Å². The molecule has 0 aliphatic carbocycles. The molecule has 0 spiro atoms. The third-order valence-corrected chi connectivity index (χ3v) is 6.77. The van der Waals surface area contributed by atoms with Gasteiger partial charge in [0.15, 0.2) is 10.8 Å². The largest absolute Gasteiger partial charge is 0.497 e. The lowest BCUT2D eigenvalue weighted by molar-refractivity contribution is 0.395. The molecule has 2 aromatic carbocycles. The summed E-state index contributed by atoms with van der Waals surface area (Å²) >= 11 is 0. The molecule has 4 rings (SSSR count). The molecule has 0 unspecified atom stereocenters. The topological polar surface area (TPSA) is 86.5 Å². The number of sulfonamides is 1. The summed E-state index contributed by atoms with van der Waals surface area (Å²) in [4.78, 5) is 4.23. The summed E-state index contributed by atoms with van der Waals surface area (Å²) in [6, 6.07) is 21.5. The lowest BCUT2D eigenvalue weighted by atomic mass is 10.2. The molecule has 0 atom stereocenters. The van der Waals surface area contributed by atoms with Gasteiger partial charge in [0.25, 0.3) is 10.0 Å². The maximum atomic E-state index is 13.6. The minimum atomic E-state index is -3.90. The maximum absolute atomic E-state index is 13.6. The molecule has 8 nitrogen and oxygen atoms in total. The highest BCUT2D eigenvalue weighted by molar-refractivity contribution is 7.89. The molecule has 0 saturated carbocycles. The molecule has 0 N–H and O–H groups in total. The number of benzene rings is 2. The standard InChI is InChI=1S/C24H24N4O4S/c1-31-21-10-6-19(7-11-21)17-27(18-20-8-12-22(32-2)13-9-20)33(29,30)24-14-16-28(26-24)23-5-3-4-15-25-23/h3-16H,17-18H2,1-2H3. The Morgan fingerprint density at radius 1 is 0.818 bits per heavy atom. The van der Waals surface area contributed by atoms with Crippen LogP contribution in [0.3, 0.4) is 0 Å². The molecule has 4 aromatic rings. The zero-order chi connectivity index (χ0) is 23.3. The van der Waals surface area contributed by atoms with Crippen molar-refractivity contribution >= 4 is 10.0 Å². The number of ether oxygens (including phenoxy) is 2. The highest BCUT2D eigenvalue weighted by atomic mass is 32.2. The zero-order valence-corrected chi connectivity index (χ0v) is 19.1. The van der Waals surface area contributed by atoms with Gasteiger partial charge in [0, 0.05) is 25.5 Å². The van der Waals surface area contributed by atoms with E-state index < -0.39 is 10.0 Å². The van der Waals surface area contributed by atoms with Crippen LogP contribution in [0.15, 0.2) is 90.2 Å². The Labute approximate surface area is 193 Å². The van der Waals surface area contributed by atoms with Crippen molar-refractivity contribution in [3.8, 4) is 17.3 Å². The predicted molar refractivity (Wildman–Crippen MR) is 124 cm³/mol. The van der Waals surface area contributed by atoms with Crippen LogP contribution in [0.2, 0.25) is 0 Å². The van der Waals surface area contributed by atoms with E-state index in [4.69, 9.17) is 9.47 Å². The number of hydrogen-bond donors (Lipinski definition) is 0. The van der Waals surface area contributed by atoms with Crippen molar-refractivity contribution in [1.82, 2.24) is 19.1 Å². The molecule has 0 bridgehead atoms. The number of methoxy groups -OCH3 is 2. The van der Waals surface area contributed by atoms with Crippen LogP contribution in [0, 0.1) is 0 Å². The molecule has 0 aliphatic rings. The number of nitrogens with zero attached hydrogens (tertiary/aromatic N) is 4. The number of rotatable bonds is 9. The fourth-order valence-corrected chi connectivity index (χ4v) is 4.62. The van der Waals surface area contributed by atoms with E-state index in [2.05, 4.69) is 10.1 Å². The molecule has 0 fully saturated rings. The molecular formula is C24H24N4O4S. The van der Waals surface area contributed by atoms with Crippen LogP contribution in [-0.4, -0.2) is 41.7 Å². The van der Waals surface area contributed by atoms with E-state index in [0.717, 1.165) is 11.1 Å². The van der Waals surface area contributed by atoms with E-state index >= 15 is 0 Å². The van der Waals surface area contributed by atoms with Gasteiger partial charge in [-0.05, 0) is 53.6 Å². The second kappa shape index (κ2) is 9.85. The van der Waals surface area contributed by atoms with Crippen LogP contribution in [0.4, 0.5) is 0 Å². The molecule has 0 saturated heterocycles. The molecular weight excluding hydrogens is 440 g/mol. The fraction of sp³-hybridized carbons (Fsp3) is 0.167. The molecule has 0 radical (unpaired) electrons. The van der Waals surface area contributed by atoms with E-state index in [9.17, 15) is 8.42 Å². The number of pyridine rings is 1. The third kappa shape index (κ3) is 5.21. The van der Waals surface area contributed by atoms with Gasteiger partial charge in [-0.15, -0.1) is 0 Å². The van der Waals surface area contributed by atoms with Gasteiger partial charge in [-0.1, -0.05) is 30.3 Å². The lowest BCUT2D eigenvalue weighted by Crippen LogP contribution is -2.30. The second-order valence-electron chi connectivity index (χ2n) is 7.26. The Kier molecular flexibility index (Phi) is 6.71. The average molecular weight is 465 g/mol. The normalized spacial score (nSPS) is 11.5. The predicted octanol–water partition coefficient (Wildman–Crippen LogP) is 3.68. The van der Waals surface area contributed by atoms with E-state index in [1.165, 1.54) is 15.1 Å². The Morgan fingerprint density at radius 3 is 1.88 bits per heavy atom. The molecule has 170 valence electrons. The summed E-state index contributed by atoms with van der Waals surface area (Å²) < 4.78 is 40.5. The van der Waals surface area contributed by atoms with Gasteiger partial charge in [0.05, 0.1) is 14.2 Å². The first-order valence-corrected chi connectivity index (χ1v) is 11.7. The van der Waals surface area contributed by atoms with Crippen molar-refractivity contribution in [2.45, 2.75) is 18.1 Å². The first-order valence-electron chi connectivity index (χ1n) is 10.2. The van der Waals surface area contributed by atoms with Crippen molar-refractivity contribution in [3.05, 3.63) is 96.3 Å². The van der Waals surface area contributed by atoms with Crippen LogP contribution >= 0.6 is 0 Å². The monoisotopic (exact) mass is 464 g/mol. The summed E-state index contributed by atoms with van der Waals surface area (Å²) in [5.74, 6) is 1.95. The fourth-order valence-electron chi connectivity index (χ4n) is 3.29. The van der Waals surface area contributed by atoms with Crippen molar-refractivity contribution in [2.24, 2.45) is 0 Å². The second-order valence-corrected chi connectivity index (χ2v) is 9.14. The minimum Gasteiger partial charge on any atom is -0.497 e. The Bertz CT molecular complexity index is 1240. The van der Waals surface area contributed by atoms with Gasteiger partial charge in [-0.3, -0.25) is 0 Å². The van der Waals surface area contributed by atoms with Crippen LogP contribution in [0.5, 0.6) is 11.5 Å². The maximum Gasteiger partial charge on any atom is 0.263 e. The highest BCUT2D eigenvalue weighted by Gasteiger charge is 2.28. The number of aromatic nitrogens is 3. The first kappa shape index (κ1) is 22.5. The van der Waals surface area contributed by atoms with E-state index in [1.807, 2.05) is 54.6 Å². The van der Waals surface area contributed by atoms with Crippen LogP contribution < -0.4 is 9.47 Å². The van der Waals surface area contributed by atoms with Crippen molar-refractivity contribution in [2.75, 3.05) is 14.2 Å². The van der Waals surface area contributed by atoms with Gasteiger partial charge in [-0.25, -0.2) is 18.1 Å². The van der Waals surface area contributed by atoms with Crippen LogP contribution in [0.1, 0.15) is 11.1 Å². The van der Waals surface area contributed by atoms with Gasteiger partial charge in [0.2, 0.25) is 0 Å². The third-order valence-electron chi connectivity index (χ3n) is 5.09. The average Bonchev–Trinajstić information content (AvgIpc) is 3.36. The minimum absolute atomic E-state index is 0.0461. The summed E-state index contributed by atoms with van der Waals surface area (Å²) in [5.41, 5.74) is 1.66. The van der Waals surface area contributed by atoms with E-state index in [0.29, 0.717) is 17.3 Å². The Balaban J connectivity index is 1.66. The van der Waals surface area contributed by atoms with Gasteiger partial charge in [0.1, 0.15) is 11.5 Å². The van der Waals surface area contributed by atoms with Gasteiger partial charge in [-0.2, -0.15) is 9.40 Å². The molecule has 9 heteroatoms. The Hall–Kier alpha value is -3.69. The summed E-state index contributed by atoms with van der Waals surface area (Å²) in [5, 5.41) is 4.25. The number of hydrogen-bond acceptors (Lipinski definition) is 6. The summed E-state index contributed by atoms with van der Waals surface area (Å²) in [6.07, 6.45) is 3.22. The summed E-state index contributed by atoms with van der Waals surface area (Å²) in [6.45, 7) is 0.351. The van der Waals surface area contributed by atoms with Gasteiger partial charge >= 0.3 is 0 Å². The van der Waals surface area contributed by atoms with Gasteiger partial charge < -0.3 is 9.47 Å². The smallest absolute Gasteiger partial charge is 0.263 e. The molecule has 2 heterocycles. The first-order chi connectivity index (χ1) is 16.0. The highest BCUT2D eigenvalue weighted by Crippen LogP contribution is 2.23. The van der Waals surface area contributed by atoms with Crippen LogP contribution in [-0.2, 0) is 23.1 Å².